The molecule has 0 aliphatic carbocycles. The quantitative estimate of drug-likeness (QED) is 0.682. The topological polar surface area (TPSA) is 85.9 Å². The third kappa shape index (κ3) is 2.22. The lowest BCUT2D eigenvalue weighted by Crippen LogP contribution is -2.30. The van der Waals surface area contributed by atoms with Crippen LogP contribution in [0.4, 0.5) is 11.5 Å². The molecule has 0 bridgehead atoms. The van der Waals surface area contributed by atoms with Crippen LogP contribution in [0.15, 0.2) is 24.8 Å². The Labute approximate surface area is 115 Å². The van der Waals surface area contributed by atoms with Crippen molar-refractivity contribution in [3.05, 3.63) is 46.2 Å². The second-order valence-electron chi connectivity index (χ2n) is 4.99. The van der Waals surface area contributed by atoms with Crippen molar-refractivity contribution in [2.45, 2.75) is 32.4 Å². The van der Waals surface area contributed by atoms with Crippen LogP contribution >= 0.6 is 0 Å². The van der Waals surface area contributed by atoms with E-state index in [2.05, 4.69) is 19.9 Å². The van der Waals surface area contributed by atoms with Gasteiger partial charge in [-0.15, -0.1) is 0 Å². The van der Waals surface area contributed by atoms with Crippen LogP contribution in [-0.2, 0) is 13.0 Å². The SMILES string of the molecule is Cc1ccnc(NC2CCn3cncc3C2)c1[N+](=O)[O-]. The van der Waals surface area contributed by atoms with Crippen molar-refractivity contribution in [1.82, 2.24) is 14.5 Å². The average Bonchev–Trinajstić information content (AvgIpc) is 2.85. The van der Waals surface area contributed by atoms with Gasteiger partial charge in [-0.05, 0) is 19.4 Å². The summed E-state index contributed by atoms with van der Waals surface area (Å²) in [5.41, 5.74) is 1.82. The Bertz CT molecular complexity index is 652. The minimum Gasteiger partial charge on any atom is -0.361 e. The molecule has 3 heterocycles. The molecule has 1 N–H and O–H groups in total. The number of anilines is 1. The largest absolute Gasteiger partial charge is 0.361 e. The molecular formula is C13H15N5O2. The summed E-state index contributed by atoms with van der Waals surface area (Å²) in [7, 11) is 0. The number of fused-ring (bicyclic) bond motifs is 1. The Morgan fingerprint density at radius 2 is 2.40 bits per heavy atom. The van der Waals surface area contributed by atoms with E-state index in [4.69, 9.17) is 0 Å². The van der Waals surface area contributed by atoms with E-state index in [1.54, 1.807) is 19.2 Å². The molecule has 1 aliphatic rings. The molecule has 2 aromatic heterocycles. The Morgan fingerprint density at radius 3 is 3.20 bits per heavy atom. The molecule has 1 aliphatic heterocycles. The number of hydrogen-bond acceptors (Lipinski definition) is 5. The number of rotatable bonds is 3. The normalized spacial score (nSPS) is 17.6. The van der Waals surface area contributed by atoms with Crippen LogP contribution in [0.1, 0.15) is 17.7 Å². The van der Waals surface area contributed by atoms with Crippen molar-refractivity contribution in [3.63, 3.8) is 0 Å². The molecule has 0 saturated carbocycles. The predicted octanol–water partition coefficient (Wildman–Crippen LogP) is 1.92. The summed E-state index contributed by atoms with van der Waals surface area (Å²) in [5, 5.41) is 14.4. The number of nitrogens with one attached hydrogen (secondary N) is 1. The number of nitrogens with zero attached hydrogens (tertiary/aromatic N) is 4. The van der Waals surface area contributed by atoms with Gasteiger partial charge >= 0.3 is 5.69 Å². The lowest BCUT2D eigenvalue weighted by molar-refractivity contribution is -0.384. The monoisotopic (exact) mass is 273 g/mol. The fraction of sp³-hybridized carbons (Fsp3) is 0.385. The first kappa shape index (κ1) is 12.6. The third-order valence-corrected chi connectivity index (χ3v) is 3.62. The molecule has 0 spiro atoms. The van der Waals surface area contributed by atoms with Crippen molar-refractivity contribution in [2.24, 2.45) is 0 Å². The van der Waals surface area contributed by atoms with Gasteiger partial charge in [0.2, 0.25) is 5.82 Å². The summed E-state index contributed by atoms with van der Waals surface area (Å²) < 4.78 is 2.11. The van der Waals surface area contributed by atoms with E-state index in [-0.39, 0.29) is 16.7 Å². The van der Waals surface area contributed by atoms with Crippen LogP contribution < -0.4 is 5.32 Å². The zero-order valence-corrected chi connectivity index (χ0v) is 11.1. The van der Waals surface area contributed by atoms with Gasteiger partial charge in [0.15, 0.2) is 0 Å². The zero-order valence-electron chi connectivity index (χ0n) is 11.1. The lowest BCUT2D eigenvalue weighted by Gasteiger charge is -2.25. The van der Waals surface area contributed by atoms with Crippen LogP contribution in [0.25, 0.3) is 0 Å². The van der Waals surface area contributed by atoms with Gasteiger partial charge < -0.3 is 9.88 Å². The molecule has 3 rings (SSSR count). The fourth-order valence-corrected chi connectivity index (χ4v) is 2.57. The van der Waals surface area contributed by atoms with Crippen molar-refractivity contribution in [3.8, 4) is 0 Å². The summed E-state index contributed by atoms with van der Waals surface area (Å²) in [6.07, 6.45) is 6.95. The van der Waals surface area contributed by atoms with E-state index in [0.717, 1.165) is 25.1 Å². The lowest BCUT2D eigenvalue weighted by atomic mass is 10.0. The molecular weight excluding hydrogens is 258 g/mol. The number of imidazole rings is 1. The van der Waals surface area contributed by atoms with Crippen molar-refractivity contribution in [2.75, 3.05) is 5.32 Å². The van der Waals surface area contributed by atoms with E-state index in [1.807, 2.05) is 12.5 Å². The highest BCUT2D eigenvalue weighted by atomic mass is 16.6. The van der Waals surface area contributed by atoms with Crippen LogP contribution in [-0.4, -0.2) is 25.5 Å². The average molecular weight is 273 g/mol. The number of hydrogen-bond donors (Lipinski definition) is 1. The van der Waals surface area contributed by atoms with Crippen molar-refractivity contribution < 1.29 is 4.92 Å². The third-order valence-electron chi connectivity index (χ3n) is 3.62. The van der Waals surface area contributed by atoms with E-state index in [0.29, 0.717) is 11.4 Å². The molecule has 0 amide bonds. The van der Waals surface area contributed by atoms with Gasteiger partial charge in [-0.2, -0.15) is 0 Å². The Kier molecular flexibility index (Phi) is 3.09. The summed E-state index contributed by atoms with van der Waals surface area (Å²) in [6.45, 7) is 2.59. The summed E-state index contributed by atoms with van der Waals surface area (Å²) >= 11 is 0. The van der Waals surface area contributed by atoms with Gasteiger partial charge in [0.05, 0.1) is 11.3 Å². The molecule has 104 valence electrons. The number of nitro groups is 1. The van der Waals surface area contributed by atoms with Crippen molar-refractivity contribution >= 4 is 11.5 Å². The van der Waals surface area contributed by atoms with Crippen LogP contribution in [0.2, 0.25) is 0 Å². The fourth-order valence-electron chi connectivity index (χ4n) is 2.57. The number of aryl methyl sites for hydroxylation is 2. The van der Waals surface area contributed by atoms with E-state index < -0.39 is 0 Å². The second kappa shape index (κ2) is 4.92. The first-order valence-corrected chi connectivity index (χ1v) is 6.50. The molecule has 0 fully saturated rings. The molecule has 0 saturated heterocycles. The van der Waals surface area contributed by atoms with E-state index in [9.17, 15) is 10.1 Å². The standard InChI is InChI=1S/C13H15N5O2/c1-9-2-4-15-13(12(9)18(19)20)16-10-3-5-17-8-14-7-11(17)6-10/h2,4,7-8,10H,3,5-6H2,1H3,(H,15,16). The highest BCUT2D eigenvalue weighted by Crippen LogP contribution is 2.27. The molecule has 0 radical (unpaired) electrons. The van der Waals surface area contributed by atoms with Gasteiger partial charge in [0.25, 0.3) is 0 Å². The first-order chi connectivity index (χ1) is 9.65. The highest BCUT2D eigenvalue weighted by Gasteiger charge is 2.24. The predicted molar refractivity (Wildman–Crippen MR) is 73.6 cm³/mol. The number of pyridine rings is 1. The Hall–Kier alpha value is -2.44. The molecule has 0 aromatic carbocycles. The molecule has 1 atom stereocenters. The molecule has 2 aromatic rings. The molecule has 7 heteroatoms. The maximum Gasteiger partial charge on any atom is 0.314 e. The van der Waals surface area contributed by atoms with Gasteiger partial charge in [-0.3, -0.25) is 10.1 Å². The minimum atomic E-state index is -0.377. The highest BCUT2D eigenvalue weighted by molar-refractivity contribution is 5.60. The van der Waals surface area contributed by atoms with Crippen LogP contribution in [0.3, 0.4) is 0 Å². The minimum absolute atomic E-state index is 0.0616. The van der Waals surface area contributed by atoms with Gasteiger partial charge in [-0.25, -0.2) is 9.97 Å². The molecule has 7 nitrogen and oxygen atoms in total. The van der Waals surface area contributed by atoms with Crippen LogP contribution in [0.5, 0.6) is 0 Å². The summed E-state index contributed by atoms with van der Waals surface area (Å²) in [4.78, 5) is 19.0. The van der Waals surface area contributed by atoms with Gasteiger partial charge in [0.1, 0.15) is 0 Å². The first-order valence-electron chi connectivity index (χ1n) is 6.50. The molecule has 20 heavy (non-hydrogen) atoms. The van der Waals surface area contributed by atoms with Gasteiger partial charge in [-0.1, -0.05) is 0 Å². The maximum atomic E-state index is 11.2. The summed E-state index contributed by atoms with van der Waals surface area (Å²) in [6, 6.07) is 1.80. The van der Waals surface area contributed by atoms with Gasteiger partial charge in [0, 0.05) is 42.7 Å². The summed E-state index contributed by atoms with van der Waals surface area (Å²) in [5.74, 6) is 0.355. The molecule has 1 unspecified atom stereocenters. The van der Waals surface area contributed by atoms with E-state index >= 15 is 0 Å². The van der Waals surface area contributed by atoms with Crippen molar-refractivity contribution in [1.29, 1.82) is 0 Å². The van der Waals surface area contributed by atoms with E-state index in [1.165, 1.54) is 0 Å². The Balaban J connectivity index is 1.83. The smallest absolute Gasteiger partial charge is 0.314 e. The number of aromatic nitrogens is 3. The van der Waals surface area contributed by atoms with Crippen LogP contribution in [0, 0.1) is 17.0 Å². The second-order valence-corrected chi connectivity index (χ2v) is 4.99. The zero-order chi connectivity index (χ0) is 14.1. The maximum absolute atomic E-state index is 11.2. The Morgan fingerprint density at radius 1 is 1.55 bits per heavy atom.